The summed E-state index contributed by atoms with van der Waals surface area (Å²) >= 11 is 0. The van der Waals surface area contributed by atoms with Crippen LogP contribution in [0, 0.1) is 0 Å². The minimum atomic E-state index is -2.34. The number of hydrogen-bond acceptors (Lipinski definition) is 1. The first-order valence-corrected chi connectivity index (χ1v) is 2.23. The van der Waals surface area contributed by atoms with Crippen LogP contribution in [-0.4, -0.2) is 22.8 Å². The topological polar surface area (TPSA) is 57.5 Å². The fourth-order valence-electron chi connectivity index (χ4n) is 0. The van der Waals surface area contributed by atoms with Gasteiger partial charge in [0.25, 0.3) is 6.43 Å². The molecule has 0 aliphatic rings. The summed E-state index contributed by atoms with van der Waals surface area (Å²) < 4.78 is 22.1. The fraction of sp³-hybridized carbons (Fsp3) is 0.400. The van der Waals surface area contributed by atoms with Gasteiger partial charge in [0.05, 0.1) is 0 Å². The second kappa shape index (κ2) is 6.00. The van der Waals surface area contributed by atoms with E-state index in [9.17, 15) is 8.78 Å². The molecule has 60 valence electrons. The highest BCUT2D eigenvalue weighted by Crippen LogP contribution is 2.01. The molecule has 0 saturated carbocycles. The van der Waals surface area contributed by atoms with Crippen molar-refractivity contribution in [3.63, 3.8) is 0 Å². The summed E-state index contributed by atoms with van der Waals surface area (Å²) in [6, 6.07) is 0. The monoisotopic (exact) mass is 154 g/mol. The van der Waals surface area contributed by atoms with Gasteiger partial charge in [-0.05, 0) is 12.5 Å². The van der Waals surface area contributed by atoms with Crippen molar-refractivity contribution in [1.29, 1.82) is 0 Å². The van der Waals surface area contributed by atoms with Crippen LogP contribution in [0.15, 0.2) is 12.2 Å². The van der Waals surface area contributed by atoms with Crippen molar-refractivity contribution in [1.82, 2.24) is 0 Å². The molecule has 0 saturated heterocycles. The van der Waals surface area contributed by atoms with Crippen LogP contribution >= 0.6 is 0 Å². The van der Waals surface area contributed by atoms with E-state index in [4.69, 9.17) is 15.0 Å². The fourth-order valence-corrected chi connectivity index (χ4v) is 0. The molecule has 0 aromatic heterocycles. The molecule has 0 bridgehead atoms. The predicted octanol–water partition coefficient (Wildman–Crippen LogP) is 2.05. The lowest BCUT2D eigenvalue weighted by molar-refractivity contribution is 0.137. The third-order valence-corrected chi connectivity index (χ3v) is 0.373. The third-order valence-electron chi connectivity index (χ3n) is 0.373. The van der Waals surface area contributed by atoms with Gasteiger partial charge in [0.2, 0.25) is 0 Å². The Bertz CT molecular complexity index is 118. The van der Waals surface area contributed by atoms with E-state index in [1.807, 2.05) is 0 Å². The molecule has 5 heteroatoms. The van der Waals surface area contributed by atoms with Crippen LogP contribution in [0.5, 0.6) is 0 Å². The van der Waals surface area contributed by atoms with E-state index in [-0.39, 0.29) is 5.57 Å². The highest BCUT2D eigenvalue weighted by atomic mass is 19.3. The molecule has 0 radical (unpaired) electrons. The largest absolute Gasteiger partial charge is 0.503 e. The lowest BCUT2D eigenvalue weighted by atomic mass is 10.4. The van der Waals surface area contributed by atoms with E-state index in [1.165, 1.54) is 6.92 Å². The van der Waals surface area contributed by atoms with Gasteiger partial charge in [-0.2, -0.15) is 0 Å². The molecular formula is C5H8F2O3. The maximum absolute atomic E-state index is 11.1. The summed E-state index contributed by atoms with van der Waals surface area (Å²) in [4.78, 5) is 8.56. The molecule has 0 spiro atoms. The maximum Gasteiger partial charge on any atom is 0.503 e. The first kappa shape index (κ1) is 11.6. The molecule has 0 atom stereocenters. The molecule has 0 aromatic rings. The quantitative estimate of drug-likeness (QED) is 0.568. The zero-order valence-electron chi connectivity index (χ0n) is 5.34. The molecule has 0 fully saturated rings. The lowest BCUT2D eigenvalue weighted by Gasteiger charge is -1.88. The minimum absolute atomic E-state index is 0.0741. The molecule has 0 aliphatic carbocycles. The lowest BCUT2D eigenvalue weighted by Crippen LogP contribution is -1.86. The van der Waals surface area contributed by atoms with Gasteiger partial charge in [0.1, 0.15) is 0 Å². The smallest absolute Gasteiger partial charge is 0.450 e. The van der Waals surface area contributed by atoms with Crippen LogP contribution in [0.2, 0.25) is 0 Å². The van der Waals surface area contributed by atoms with Gasteiger partial charge in [-0.1, -0.05) is 6.58 Å². The molecular weight excluding hydrogens is 146 g/mol. The van der Waals surface area contributed by atoms with E-state index < -0.39 is 12.6 Å². The average Bonchev–Trinajstić information content (AvgIpc) is 1.63. The third kappa shape index (κ3) is 28.7. The summed E-state index contributed by atoms with van der Waals surface area (Å²) in [6.07, 6.45) is -4.18. The number of carboxylic acid groups (broad SMARTS) is 2. The molecule has 0 unspecified atom stereocenters. The van der Waals surface area contributed by atoms with E-state index >= 15 is 0 Å². The SMILES string of the molecule is C=C(C)C(F)F.O=C(O)O. The number of hydrogen-bond donors (Lipinski definition) is 2. The van der Waals surface area contributed by atoms with E-state index in [0.29, 0.717) is 0 Å². The highest BCUT2D eigenvalue weighted by Gasteiger charge is 1.98. The Balaban J connectivity index is 0. The van der Waals surface area contributed by atoms with Crippen molar-refractivity contribution in [2.75, 3.05) is 0 Å². The van der Waals surface area contributed by atoms with Crippen LogP contribution in [0.4, 0.5) is 13.6 Å². The summed E-state index contributed by atoms with van der Waals surface area (Å²) in [7, 11) is 0. The van der Waals surface area contributed by atoms with Crippen LogP contribution in [-0.2, 0) is 0 Å². The zero-order chi connectivity index (χ0) is 8.73. The molecule has 0 aromatic carbocycles. The molecule has 10 heavy (non-hydrogen) atoms. The molecule has 0 rings (SSSR count). The normalized spacial score (nSPS) is 8.00. The van der Waals surface area contributed by atoms with Gasteiger partial charge < -0.3 is 10.2 Å². The maximum atomic E-state index is 11.1. The molecule has 2 N–H and O–H groups in total. The van der Waals surface area contributed by atoms with Gasteiger partial charge in [-0.15, -0.1) is 0 Å². The van der Waals surface area contributed by atoms with Crippen LogP contribution in [0.3, 0.4) is 0 Å². The second-order valence-electron chi connectivity index (χ2n) is 1.43. The summed E-state index contributed by atoms with van der Waals surface area (Å²) in [5.41, 5.74) is -0.0741. The summed E-state index contributed by atoms with van der Waals surface area (Å²) in [5.74, 6) is 0. The number of carbonyl (C=O) groups is 1. The molecule has 0 amide bonds. The standard InChI is InChI=1S/C4H6F2.CH2O3/c1-3(2)4(5)6;2-1(3)4/h4H,1H2,2H3;(H2,2,3,4). The zero-order valence-corrected chi connectivity index (χ0v) is 5.34. The Hall–Kier alpha value is -1.13. The molecule has 0 heterocycles. The van der Waals surface area contributed by atoms with Crippen molar-refractivity contribution in [2.24, 2.45) is 0 Å². The van der Waals surface area contributed by atoms with Crippen molar-refractivity contribution < 1.29 is 23.8 Å². The van der Waals surface area contributed by atoms with Gasteiger partial charge in [0, 0.05) is 0 Å². The van der Waals surface area contributed by atoms with Crippen LogP contribution < -0.4 is 0 Å². The highest BCUT2D eigenvalue weighted by molar-refractivity contribution is 5.53. The van der Waals surface area contributed by atoms with Gasteiger partial charge >= 0.3 is 6.16 Å². The van der Waals surface area contributed by atoms with E-state index in [2.05, 4.69) is 6.58 Å². The molecule has 3 nitrogen and oxygen atoms in total. The number of halogens is 2. The van der Waals surface area contributed by atoms with Crippen LogP contribution in [0.25, 0.3) is 0 Å². The Labute approximate surface area is 56.6 Å². The van der Waals surface area contributed by atoms with Crippen molar-refractivity contribution >= 4 is 6.16 Å². The average molecular weight is 154 g/mol. The van der Waals surface area contributed by atoms with Gasteiger partial charge in [-0.25, -0.2) is 13.6 Å². The second-order valence-corrected chi connectivity index (χ2v) is 1.43. The van der Waals surface area contributed by atoms with Crippen molar-refractivity contribution in [3.8, 4) is 0 Å². The molecule has 0 aliphatic heterocycles. The van der Waals surface area contributed by atoms with Gasteiger partial charge in [-0.3, -0.25) is 0 Å². The number of allylic oxidation sites excluding steroid dienone is 1. The van der Waals surface area contributed by atoms with E-state index in [1.54, 1.807) is 0 Å². The van der Waals surface area contributed by atoms with Gasteiger partial charge in [0.15, 0.2) is 0 Å². The predicted molar refractivity (Wildman–Crippen MR) is 31.5 cm³/mol. The Morgan fingerprint density at radius 2 is 1.60 bits per heavy atom. The Morgan fingerprint density at radius 3 is 1.60 bits per heavy atom. The number of rotatable bonds is 1. The van der Waals surface area contributed by atoms with Crippen LogP contribution in [0.1, 0.15) is 6.92 Å². The Morgan fingerprint density at radius 1 is 1.50 bits per heavy atom. The van der Waals surface area contributed by atoms with E-state index in [0.717, 1.165) is 0 Å². The number of alkyl halides is 2. The first-order chi connectivity index (χ1) is 4.37. The summed E-state index contributed by atoms with van der Waals surface area (Å²) in [6.45, 7) is 4.30. The Kier molecular flexibility index (Phi) is 6.98. The van der Waals surface area contributed by atoms with Crippen molar-refractivity contribution in [3.05, 3.63) is 12.2 Å². The first-order valence-electron chi connectivity index (χ1n) is 2.23. The minimum Gasteiger partial charge on any atom is -0.450 e. The van der Waals surface area contributed by atoms with Crippen molar-refractivity contribution in [2.45, 2.75) is 13.3 Å². The summed E-state index contributed by atoms with van der Waals surface area (Å²) in [5, 5.41) is 13.9.